The number of methoxy groups -OCH3 is 1. The molecule has 0 spiro atoms. The van der Waals surface area contributed by atoms with Crippen molar-refractivity contribution in [1.29, 1.82) is 0 Å². The number of unbranched alkanes of at least 4 members (excludes halogenated alkanes) is 15. The first kappa shape index (κ1) is 35.2. The van der Waals surface area contributed by atoms with Gasteiger partial charge in [-0.3, -0.25) is 0 Å². The van der Waals surface area contributed by atoms with Gasteiger partial charge in [-0.25, -0.2) is 0 Å². The monoisotopic (exact) mass is 524 g/mol. The molecule has 0 aromatic carbocycles. The molecule has 1 N–H and O–H groups in total. The van der Waals surface area contributed by atoms with Crippen LogP contribution in [0.2, 0.25) is 0 Å². The van der Waals surface area contributed by atoms with E-state index in [1.165, 1.54) is 97.0 Å². The number of rotatable bonds is 26. The van der Waals surface area contributed by atoms with Crippen LogP contribution in [0.4, 0.5) is 0 Å². The summed E-state index contributed by atoms with van der Waals surface area (Å²) < 4.78 is 22.0. The Morgan fingerprint density at radius 1 is 0.743 bits per heavy atom. The van der Waals surface area contributed by atoms with Gasteiger partial charge in [-0.15, -0.1) is 4.52 Å². The smallest absolute Gasteiger partial charge is 0.380 e. The van der Waals surface area contributed by atoms with Gasteiger partial charge in [0, 0.05) is 7.11 Å². The Morgan fingerprint density at radius 2 is 1.17 bits per heavy atom. The minimum atomic E-state index is -4.21. The SMILES string of the molecule is CCCCCCCCCCCCCCCCCCOC(O[P+]([O-])(O)OCC[N+](C)(C)C)[C@@H](C)OC. The number of quaternary nitrogens is 1. The maximum absolute atomic E-state index is 12.3. The van der Waals surface area contributed by atoms with Crippen molar-refractivity contribution < 1.29 is 32.8 Å². The Kier molecular flexibility index (Phi) is 22.3. The van der Waals surface area contributed by atoms with Gasteiger partial charge >= 0.3 is 8.17 Å². The van der Waals surface area contributed by atoms with Gasteiger partial charge in [0.2, 0.25) is 6.29 Å². The lowest BCUT2D eigenvalue weighted by molar-refractivity contribution is -0.870. The summed E-state index contributed by atoms with van der Waals surface area (Å²) in [5.74, 6) is 0. The minimum absolute atomic E-state index is 0.129. The number of hydrogen-bond donors (Lipinski definition) is 1. The molecule has 0 heterocycles. The van der Waals surface area contributed by atoms with E-state index >= 15 is 0 Å². The van der Waals surface area contributed by atoms with E-state index in [0.717, 1.165) is 12.8 Å². The average molecular weight is 525 g/mol. The molecule has 0 aliphatic rings. The van der Waals surface area contributed by atoms with Crippen molar-refractivity contribution in [3.05, 3.63) is 0 Å². The zero-order chi connectivity index (χ0) is 26.4. The Balaban J connectivity index is 3.75. The topological polar surface area (TPSA) is 80.2 Å². The van der Waals surface area contributed by atoms with Crippen LogP contribution < -0.4 is 4.89 Å². The summed E-state index contributed by atoms with van der Waals surface area (Å²) in [7, 11) is 3.29. The van der Waals surface area contributed by atoms with Gasteiger partial charge in [-0.05, 0) is 13.3 Å². The molecule has 8 heteroatoms. The largest absolute Gasteiger partial charge is 0.606 e. The molecular formula is C27H59NO6P+. The van der Waals surface area contributed by atoms with E-state index in [4.69, 9.17) is 18.5 Å². The molecule has 3 atom stereocenters. The molecule has 0 radical (unpaired) electrons. The first-order chi connectivity index (χ1) is 16.6. The van der Waals surface area contributed by atoms with Crippen molar-refractivity contribution in [3.8, 4) is 0 Å². The van der Waals surface area contributed by atoms with Gasteiger partial charge in [-0.2, -0.15) is 9.42 Å². The van der Waals surface area contributed by atoms with Crippen LogP contribution in [0.15, 0.2) is 0 Å². The number of hydrogen-bond acceptors (Lipinski definition) is 6. The van der Waals surface area contributed by atoms with Crippen molar-refractivity contribution >= 4 is 8.17 Å². The number of likely N-dealkylation sites (N-methyl/N-ethyl adjacent to an activating group) is 1. The highest BCUT2D eigenvalue weighted by Gasteiger charge is 2.36. The van der Waals surface area contributed by atoms with Gasteiger partial charge < -0.3 is 18.9 Å². The summed E-state index contributed by atoms with van der Waals surface area (Å²) >= 11 is 0. The average Bonchev–Trinajstić information content (AvgIpc) is 2.78. The van der Waals surface area contributed by atoms with Gasteiger partial charge in [0.25, 0.3) is 0 Å². The van der Waals surface area contributed by atoms with Crippen LogP contribution in [0.1, 0.15) is 117 Å². The summed E-state index contributed by atoms with van der Waals surface area (Å²) in [6.07, 6.45) is 19.6. The molecular weight excluding hydrogens is 465 g/mol. The van der Waals surface area contributed by atoms with Crippen molar-refractivity contribution in [2.75, 3.05) is 48.0 Å². The van der Waals surface area contributed by atoms with Crippen LogP contribution in [0.5, 0.6) is 0 Å². The summed E-state index contributed by atoms with van der Waals surface area (Å²) in [5, 5.41) is 0. The fourth-order valence-electron chi connectivity index (χ4n) is 3.80. The van der Waals surface area contributed by atoms with E-state index in [9.17, 15) is 9.79 Å². The van der Waals surface area contributed by atoms with E-state index in [2.05, 4.69) is 6.92 Å². The predicted octanol–water partition coefficient (Wildman–Crippen LogP) is 6.40. The molecule has 0 bridgehead atoms. The molecule has 0 amide bonds. The number of nitrogens with zero attached hydrogens (tertiary/aromatic N) is 1. The lowest BCUT2D eigenvalue weighted by Crippen LogP contribution is -2.39. The third kappa shape index (κ3) is 24.3. The van der Waals surface area contributed by atoms with Crippen LogP contribution in [-0.4, -0.2) is 69.8 Å². The van der Waals surface area contributed by atoms with Crippen LogP contribution in [-0.2, 0) is 18.5 Å². The normalized spacial score (nSPS) is 15.8. The van der Waals surface area contributed by atoms with E-state index in [0.29, 0.717) is 17.6 Å². The van der Waals surface area contributed by atoms with Crippen molar-refractivity contribution in [2.45, 2.75) is 129 Å². The van der Waals surface area contributed by atoms with E-state index in [-0.39, 0.29) is 6.61 Å². The maximum Gasteiger partial charge on any atom is 0.380 e. The second-order valence-electron chi connectivity index (χ2n) is 10.9. The first-order valence-corrected chi connectivity index (χ1v) is 15.7. The summed E-state index contributed by atoms with van der Waals surface area (Å²) in [6, 6.07) is 0. The molecule has 0 aliphatic heterocycles. The van der Waals surface area contributed by atoms with E-state index in [1.807, 2.05) is 21.1 Å². The lowest BCUT2D eigenvalue weighted by Gasteiger charge is -2.29. The molecule has 35 heavy (non-hydrogen) atoms. The zero-order valence-electron chi connectivity index (χ0n) is 24.0. The molecule has 0 aliphatic carbocycles. The highest BCUT2D eigenvalue weighted by molar-refractivity contribution is 7.52. The van der Waals surface area contributed by atoms with Gasteiger partial charge in [0.1, 0.15) is 19.3 Å². The van der Waals surface area contributed by atoms with Crippen LogP contribution in [0.25, 0.3) is 0 Å². The number of ether oxygens (including phenoxy) is 2. The minimum Gasteiger partial charge on any atom is -0.606 e. The summed E-state index contributed by atoms with van der Waals surface area (Å²) in [5.41, 5.74) is 0. The number of phosphoric ester groups is 1. The Labute approximate surface area is 218 Å². The van der Waals surface area contributed by atoms with Crippen LogP contribution in [0.3, 0.4) is 0 Å². The van der Waals surface area contributed by atoms with Crippen molar-refractivity contribution in [1.82, 2.24) is 0 Å². The molecule has 0 rings (SSSR count). The molecule has 2 unspecified atom stereocenters. The summed E-state index contributed by atoms with van der Waals surface area (Å²) in [6.45, 7) is 5.22. The van der Waals surface area contributed by atoms with Gasteiger partial charge in [0.05, 0.1) is 27.7 Å². The predicted molar refractivity (Wildman–Crippen MR) is 145 cm³/mol. The van der Waals surface area contributed by atoms with Crippen molar-refractivity contribution in [2.24, 2.45) is 0 Å². The third-order valence-corrected chi connectivity index (χ3v) is 7.27. The standard InChI is InChI=1S/C27H58NO6P/c1-7-8-9-10-11-12-13-14-15-16-17-18-19-20-21-22-24-32-27(26(2)31-6)34-35(29,30)33-25-23-28(3,4)5/h26-27H,7-25H2,1-6H3/p+1/t26-,27?/m1/s1. The zero-order valence-corrected chi connectivity index (χ0v) is 24.9. The third-order valence-electron chi connectivity index (χ3n) is 6.29. The molecule has 0 saturated carbocycles. The molecule has 212 valence electrons. The number of phosphoric acid groups is 1. The second kappa shape index (κ2) is 22.2. The highest BCUT2D eigenvalue weighted by atomic mass is 31.2. The van der Waals surface area contributed by atoms with E-state index < -0.39 is 20.6 Å². The highest BCUT2D eigenvalue weighted by Crippen LogP contribution is 2.49. The fraction of sp³-hybridized carbons (Fsp3) is 1.00. The lowest BCUT2D eigenvalue weighted by atomic mass is 10.0. The van der Waals surface area contributed by atoms with Gasteiger partial charge in [-0.1, -0.05) is 103 Å². The molecule has 0 saturated heterocycles. The van der Waals surface area contributed by atoms with Crippen LogP contribution in [0, 0.1) is 0 Å². The Hall–Kier alpha value is 0.150. The van der Waals surface area contributed by atoms with E-state index in [1.54, 1.807) is 6.92 Å². The Morgan fingerprint density at radius 3 is 1.57 bits per heavy atom. The maximum atomic E-state index is 12.3. The second-order valence-corrected chi connectivity index (χ2v) is 12.3. The molecule has 0 aromatic heterocycles. The molecule has 0 fully saturated rings. The van der Waals surface area contributed by atoms with Gasteiger partial charge in [0.15, 0.2) is 0 Å². The summed E-state index contributed by atoms with van der Waals surface area (Å²) in [4.78, 5) is 22.3. The van der Waals surface area contributed by atoms with Crippen molar-refractivity contribution in [3.63, 3.8) is 0 Å². The fourth-order valence-corrected chi connectivity index (χ4v) is 4.67. The molecule has 7 nitrogen and oxygen atoms in total. The molecule has 0 aromatic rings. The van der Waals surface area contributed by atoms with Crippen LogP contribution >= 0.6 is 8.17 Å². The quantitative estimate of drug-likeness (QED) is 0.0611. The Bertz CT molecular complexity index is 461. The first-order valence-electron chi connectivity index (χ1n) is 14.2.